The van der Waals surface area contributed by atoms with Crippen LogP contribution in [-0.4, -0.2) is 37.8 Å². The Morgan fingerprint density at radius 1 is 1.30 bits per heavy atom. The molecule has 2 amide bonds. The Morgan fingerprint density at radius 2 is 1.96 bits per heavy atom. The Balaban J connectivity index is 2.84. The average molecular weight is 338 g/mol. The van der Waals surface area contributed by atoms with Gasteiger partial charge in [-0.25, -0.2) is 14.4 Å². The lowest BCUT2D eigenvalue weighted by atomic mass is 10.0. The van der Waals surface area contributed by atoms with Crippen molar-refractivity contribution in [3.05, 3.63) is 35.4 Å². The Kier molecular flexibility index (Phi) is 6.32. The third-order valence-electron chi connectivity index (χ3n) is 3.07. The molecular formula is C15H22N2O5Si. The highest BCUT2D eigenvalue weighted by atomic mass is 28.3. The molecule has 1 aromatic carbocycles. The zero-order valence-electron chi connectivity index (χ0n) is 13.5. The molecule has 4 N–H and O–H groups in total. The van der Waals surface area contributed by atoms with E-state index in [4.69, 9.17) is 15.6 Å². The number of carboxylic acids is 1. The Hall–Kier alpha value is -2.35. The quantitative estimate of drug-likeness (QED) is 0.519. The normalized spacial score (nSPS) is 12.3. The number of urea groups is 1. The summed E-state index contributed by atoms with van der Waals surface area (Å²) in [4.78, 5) is 34.1. The monoisotopic (exact) mass is 338 g/mol. The van der Waals surface area contributed by atoms with Gasteiger partial charge in [-0.15, -0.1) is 0 Å². The molecular weight excluding hydrogens is 316 g/mol. The van der Waals surface area contributed by atoms with Crippen molar-refractivity contribution < 1.29 is 24.2 Å². The van der Waals surface area contributed by atoms with Crippen LogP contribution in [0.3, 0.4) is 0 Å². The number of esters is 1. The summed E-state index contributed by atoms with van der Waals surface area (Å²) in [5.41, 5.74) is 5.45. The average Bonchev–Trinajstić information content (AvgIpc) is 2.43. The predicted octanol–water partition coefficient (Wildman–Crippen LogP) is 1.98. The van der Waals surface area contributed by atoms with E-state index in [2.05, 4.69) is 25.0 Å². The zero-order valence-corrected chi connectivity index (χ0v) is 14.5. The Labute approximate surface area is 135 Å². The molecule has 7 nitrogen and oxygen atoms in total. The molecule has 1 atom stereocenters. The van der Waals surface area contributed by atoms with E-state index >= 15 is 0 Å². The van der Waals surface area contributed by atoms with Crippen molar-refractivity contribution in [1.29, 1.82) is 0 Å². The van der Waals surface area contributed by atoms with E-state index < -0.39 is 32.1 Å². The van der Waals surface area contributed by atoms with Gasteiger partial charge in [0, 0.05) is 8.07 Å². The van der Waals surface area contributed by atoms with Crippen LogP contribution < -0.4 is 11.1 Å². The Bertz CT molecular complexity index is 598. The van der Waals surface area contributed by atoms with Gasteiger partial charge in [0.1, 0.15) is 0 Å². The molecule has 23 heavy (non-hydrogen) atoms. The van der Waals surface area contributed by atoms with Crippen LogP contribution in [0.5, 0.6) is 0 Å². The maximum absolute atomic E-state index is 12.0. The summed E-state index contributed by atoms with van der Waals surface area (Å²) in [7, 11) is -1.30. The van der Waals surface area contributed by atoms with Crippen molar-refractivity contribution in [2.45, 2.75) is 31.7 Å². The molecule has 0 aliphatic carbocycles. The molecule has 0 radical (unpaired) electrons. The molecule has 0 aliphatic rings. The minimum atomic E-state index is -1.32. The smallest absolute Gasteiger partial charge is 0.338 e. The first-order chi connectivity index (χ1) is 10.6. The molecule has 0 saturated heterocycles. The Morgan fingerprint density at radius 3 is 2.48 bits per heavy atom. The summed E-state index contributed by atoms with van der Waals surface area (Å²) < 4.78 is 5.22. The molecule has 1 unspecified atom stereocenters. The molecule has 0 aliphatic heterocycles. The summed E-state index contributed by atoms with van der Waals surface area (Å²) in [6, 6.07) is 4.51. The molecule has 1 rings (SSSR count). The van der Waals surface area contributed by atoms with Crippen molar-refractivity contribution in [2.24, 2.45) is 5.73 Å². The van der Waals surface area contributed by atoms with Crippen LogP contribution in [0.1, 0.15) is 22.0 Å². The molecule has 0 spiro atoms. The number of primary amides is 1. The molecule has 0 aromatic heterocycles. The number of hydrogen-bond donors (Lipinski definition) is 3. The summed E-state index contributed by atoms with van der Waals surface area (Å²) in [5.74, 6) is -1.79. The van der Waals surface area contributed by atoms with Crippen LogP contribution >= 0.6 is 0 Å². The van der Waals surface area contributed by atoms with E-state index in [1.54, 1.807) is 0 Å². The third kappa shape index (κ3) is 6.51. The SMILES string of the molecule is C[Si](C)(C)CCOC(=O)c1cccc(C(NC(N)=O)C(=O)O)c1. The largest absolute Gasteiger partial charge is 0.479 e. The van der Waals surface area contributed by atoms with Crippen molar-refractivity contribution in [3.63, 3.8) is 0 Å². The van der Waals surface area contributed by atoms with E-state index in [1.807, 2.05) is 0 Å². The highest BCUT2D eigenvalue weighted by Gasteiger charge is 2.22. The molecule has 0 fully saturated rings. The zero-order chi connectivity index (χ0) is 17.6. The van der Waals surface area contributed by atoms with Crippen LogP contribution in [0.2, 0.25) is 25.7 Å². The second kappa shape index (κ2) is 7.77. The number of nitrogens with one attached hydrogen (secondary N) is 1. The fourth-order valence-electron chi connectivity index (χ4n) is 1.81. The van der Waals surface area contributed by atoms with Gasteiger partial charge in [0.15, 0.2) is 6.04 Å². The van der Waals surface area contributed by atoms with E-state index in [0.29, 0.717) is 6.61 Å². The van der Waals surface area contributed by atoms with Gasteiger partial charge in [0.25, 0.3) is 0 Å². The van der Waals surface area contributed by atoms with Gasteiger partial charge in [0.2, 0.25) is 0 Å². The van der Waals surface area contributed by atoms with Gasteiger partial charge < -0.3 is 20.9 Å². The maximum Gasteiger partial charge on any atom is 0.338 e. The fraction of sp³-hybridized carbons (Fsp3) is 0.400. The third-order valence-corrected chi connectivity index (χ3v) is 4.78. The standard InChI is InChI=1S/C15H22N2O5Si/c1-23(2,3)8-7-22-14(20)11-6-4-5-10(9-11)12(13(18)19)17-15(16)21/h4-6,9,12H,7-8H2,1-3H3,(H,18,19)(H3,16,17,21). The number of rotatable bonds is 7. The van der Waals surface area contributed by atoms with Crippen LogP contribution in [0.25, 0.3) is 0 Å². The highest BCUT2D eigenvalue weighted by Crippen LogP contribution is 2.16. The molecule has 1 aromatic rings. The van der Waals surface area contributed by atoms with Crippen molar-refractivity contribution in [3.8, 4) is 0 Å². The summed E-state index contributed by atoms with van der Waals surface area (Å²) in [6.07, 6.45) is 0. The molecule has 0 heterocycles. The first kappa shape index (κ1) is 18.7. The first-order valence-electron chi connectivity index (χ1n) is 7.16. The van der Waals surface area contributed by atoms with Gasteiger partial charge in [-0.3, -0.25) is 0 Å². The number of carboxylic acid groups (broad SMARTS) is 1. The van der Waals surface area contributed by atoms with E-state index in [9.17, 15) is 14.4 Å². The fourth-order valence-corrected chi connectivity index (χ4v) is 2.52. The van der Waals surface area contributed by atoms with Gasteiger partial charge in [-0.1, -0.05) is 31.8 Å². The van der Waals surface area contributed by atoms with Crippen molar-refractivity contribution in [2.75, 3.05) is 6.61 Å². The summed E-state index contributed by atoms with van der Waals surface area (Å²) in [6.45, 7) is 6.86. The lowest BCUT2D eigenvalue weighted by Crippen LogP contribution is -2.37. The predicted molar refractivity (Wildman–Crippen MR) is 88.0 cm³/mol. The maximum atomic E-state index is 12.0. The minimum absolute atomic E-state index is 0.232. The topological polar surface area (TPSA) is 119 Å². The number of carbonyl (C=O) groups is 3. The number of aliphatic carboxylic acids is 1. The molecule has 8 heteroatoms. The van der Waals surface area contributed by atoms with Crippen LogP contribution in [0, 0.1) is 0 Å². The molecule has 126 valence electrons. The van der Waals surface area contributed by atoms with Crippen molar-refractivity contribution >= 4 is 26.0 Å². The van der Waals surface area contributed by atoms with Gasteiger partial charge >= 0.3 is 18.0 Å². The van der Waals surface area contributed by atoms with Gasteiger partial charge in [-0.05, 0) is 23.7 Å². The summed E-state index contributed by atoms with van der Waals surface area (Å²) >= 11 is 0. The number of amides is 2. The van der Waals surface area contributed by atoms with Crippen LogP contribution in [-0.2, 0) is 9.53 Å². The first-order valence-corrected chi connectivity index (χ1v) is 10.9. The number of nitrogens with two attached hydrogens (primary N) is 1. The van der Waals surface area contributed by atoms with E-state index in [0.717, 1.165) is 6.04 Å². The number of hydrogen-bond acceptors (Lipinski definition) is 4. The van der Waals surface area contributed by atoms with Crippen LogP contribution in [0.4, 0.5) is 4.79 Å². The number of ether oxygens (including phenoxy) is 1. The second-order valence-corrected chi connectivity index (χ2v) is 12.0. The van der Waals surface area contributed by atoms with E-state index in [1.165, 1.54) is 24.3 Å². The molecule has 0 bridgehead atoms. The lowest BCUT2D eigenvalue weighted by Gasteiger charge is -2.16. The van der Waals surface area contributed by atoms with Crippen LogP contribution in [0.15, 0.2) is 24.3 Å². The van der Waals surface area contributed by atoms with E-state index in [-0.39, 0.29) is 11.1 Å². The minimum Gasteiger partial charge on any atom is -0.479 e. The van der Waals surface area contributed by atoms with Crippen molar-refractivity contribution in [1.82, 2.24) is 5.32 Å². The van der Waals surface area contributed by atoms with Gasteiger partial charge in [-0.2, -0.15) is 0 Å². The number of carbonyl (C=O) groups excluding carboxylic acids is 2. The lowest BCUT2D eigenvalue weighted by molar-refractivity contribution is -0.139. The highest BCUT2D eigenvalue weighted by molar-refractivity contribution is 6.76. The van der Waals surface area contributed by atoms with Gasteiger partial charge in [0.05, 0.1) is 12.2 Å². The second-order valence-electron chi connectivity index (χ2n) is 6.35. The summed E-state index contributed by atoms with van der Waals surface area (Å²) in [5, 5.41) is 11.3. The number of benzene rings is 1. The molecule has 0 saturated carbocycles.